The zero-order valence-corrected chi connectivity index (χ0v) is 16.3. The number of nitrogens with zero attached hydrogens (tertiary/aromatic N) is 4. The summed E-state index contributed by atoms with van der Waals surface area (Å²) in [6.07, 6.45) is 1.83. The normalized spacial score (nSPS) is 33.5. The van der Waals surface area contributed by atoms with E-state index in [4.69, 9.17) is 14.6 Å². The lowest BCUT2D eigenvalue weighted by Crippen LogP contribution is -2.63. The van der Waals surface area contributed by atoms with Gasteiger partial charge in [-0.1, -0.05) is 30.3 Å². The number of hydrogen-bond donors (Lipinski definition) is 0. The fourth-order valence-corrected chi connectivity index (χ4v) is 5.39. The Kier molecular flexibility index (Phi) is 3.96. The maximum Gasteiger partial charge on any atom is 0.231 e. The molecule has 2 aromatic carbocycles. The summed E-state index contributed by atoms with van der Waals surface area (Å²) in [5.41, 5.74) is 3.51. The van der Waals surface area contributed by atoms with Gasteiger partial charge in [0.1, 0.15) is 0 Å². The SMILES string of the molecule is C(=N\N=C1\C2CN3CCN(C2)CC1(c1ccccc1)C3)/c1ccc2c(c1)OCO2. The number of rotatable bonds is 3. The Morgan fingerprint density at radius 3 is 2.48 bits per heavy atom. The van der Waals surface area contributed by atoms with Crippen LogP contribution in [-0.4, -0.2) is 67.8 Å². The second-order valence-electron chi connectivity index (χ2n) is 8.46. The van der Waals surface area contributed by atoms with E-state index in [9.17, 15) is 0 Å². The predicted molar refractivity (Wildman–Crippen MR) is 112 cm³/mol. The van der Waals surface area contributed by atoms with Gasteiger partial charge in [0.25, 0.3) is 0 Å². The number of benzene rings is 2. The van der Waals surface area contributed by atoms with Crippen LogP contribution in [0.15, 0.2) is 58.7 Å². The summed E-state index contributed by atoms with van der Waals surface area (Å²) in [4.78, 5) is 5.23. The van der Waals surface area contributed by atoms with E-state index >= 15 is 0 Å². The van der Waals surface area contributed by atoms with Gasteiger partial charge in [-0.2, -0.15) is 10.2 Å². The van der Waals surface area contributed by atoms with Crippen molar-refractivity contribution < 1.29 is 9.47 Å². The van der Waals surface area contributed by atoms with Crippen LogP contribution in [0.3, 0.4) is 0 Å². The van der Waals surface area contributed by atoms with Crippen LogP contribution >= 0.6 is 0 Å². The lowest BCUT2D eigenvalue weighted by atomic mass is 9.66. The van der Waals surface area contributed by atoms with Crippen molar-refractivity contribution >= 4 is 11.9 Å². The molecular formula is C23H24N4O2. The van der Waals surface area contributed by atoms with Gasteiger partial charge in [0.15, 0.2) is 11.5 Å². The van der Waals surface area contributed by atoms with Gasteiger partial charge in [-0.25, -0.2) is 0 Å². The highest BCUT2D eigenvalue weighted by atomic mass is 16.7. The van der Waals surface area contributed by atoms with E-state index < -0.39 is 0 Å². The molecule has 7 rings (SSSR count). The Labute approximate surface area is 170 Å². The minimum Gasteiger partial charge on any atom is -0.454 e. The average Bonchev–Trinajstić information content (AvgIpc) is 3.08. The minimum absolute atomic E-state index is 0.0643. The lowest BCUT2D eigenvalue weighted by Gasteiger charge is -2.50. The number of piperidine rings is 2. The molecule has 4 fully saturated rings. The van der Waals surface area contributed by atoms with E-state index in [-0.39, 0.29) is 12.2 Å². The highest BCUT2D eigenvalue weighted by Gasteiger charge is 2.53. The molecule has 6 heteroatoms. The molecular weight excluding hydrogens is 364 g/mol. The second-order valence-corrected chi connectivity index (χ2v) is 8.46. The highest BCUT2D eigenvalue weighted by molar-refractivity contribution is 5.99. The van der Waals surface area contributed by atoms with Crippen LogP contribution in [-0.2, 0) is 5.41 Å². The molecule has 5 heterocycles. The van der Waals surface area contributed by atoms with Gasteiger partial charge < -0.3 is 19.3 Å². The van der Waals surface area contributed by atoms with Crippen LogP contribution in [0.5, 0.6) is 11.5 Å². The van der Waals surface area contributed by atoms with Crippen LogP contribution < -0.4 is 9.47 Å². The fraction of sp³-hybridized carbons (Fsp3) is 0.391. The number of ether oxygens (including phenoxy) is 2. The summed E-state index contributed by atoms with van der Waals surface area (Å²) in [6.45, 7) is 6.82. The maximum atomic E-state index is 5.47. The predicted octanol–water partition coefficient (Wildman–Crippen LogP) is 2.39. The molecule has 29 heavy (non-hydrogen) atoms. The third kappa shape index (κ3) is 2.86. The molecule has 0 saturated carbocycles. The van der Waals surface area contributed by atoms with Crippen molar-refractivity contribution in [2.75, 3.05) is 46.1 Å². The number of hydrogen-bond acceptors (Lipinski definition) is 6. The molecule has 0 aromatic heterocycles. The van der Waals surface area contributed by atoms with E-state index in [2.05, 4.69) is 45.2 Å². The van der Waals surface area contributed by atoms with Crippen molar-refractivity contribution in [3.63, 3.8) is 0 Å². The molecule has 4 bridgehead atoms. The maximum absolute atomic E-state index is 5.47. The van der Waals surface area contributed by atoms with Gasteiger partial charge in [-0.15, -0.1) is 0 Å². The summed E-state index contributed by atoms with van der Waals surface area (Å²) in [7, 11) is 0. The van der Waals surface area contributed by atoms with E-state index in [0.29, 0.717) is 5.92 Å². The van der Waals surface area contributed by atoms with Crippen LogP contribution in [0.1, 0.15) is 11.1 Å². The molecule has 6 nitrogen and oxygen atoms in total. The van der Waals surface area contributed by atoms with Crippen molar-refractivity contribution in [2.24, 2.45) is 16.1 Å². The first-order valence-corrected chi connectivity index (χ1v) is 10.3. The summed E-state index contributed by atoms with van der Waals surface area (Å²) < 4.78 is 10.9. The van der Waals surface area contributed by atoms with Crippen molar-refractivity contribution in [1.29, 1.82) is 0 Å². The Balaban J connectivity index is 1.37. The van der Waals surface area contributed by atoms with Crippen LogP contribution in [0, 0.1) is 5.92 Å². The third-order valence-corrected chi connectivity index (χ3v) is 6.65. The standard InChI is InChI=1S/C23H24N4O2/c1-2-4-19(5-3-1)23-14-26-8-9-27(15-23)13-18(12-26)22(23)25-24-11-17-6-7-20-21(10-17)29-16-28-20/h1-7,10-11,18H,8-9,12-16H2/b24-11+,25-22-. The Hall–Kier alpha value is -2.70. The van der Waals surface area contributed by atoms with Crippen molar-refractivity contribution in [2.45, 2.75) is 5.41 Å². The van der Waals surface area contributed by atoms with Gasteiger partial charge in [0.05, 0.1) is 17.3 Å². The van der Waals surface area contributed by atoms with Crippen LogP contribution in [0.2, 0.25) is 0 Å². The summed E-state index contributed by atoms with van der Waals surface area (Å²) in [5, 5.41) is 9.41. The van der Waals surface area contributed by atoms with Gasteiger partial charge in [-0.05, 0) is 29.3 Å². The van der Waals surface area contributed by atoms with Crippen molar-refractivity contribution in [1.82, 2.24) is 9.80 Å². The Morgan fingerprint density at radius 1 is 0.931 bits per heavy atom. The summed E-state index contributed by atoms with van der Waals surface area (Å²) >= 11 is 0. The fourth-order valence-electron chi connectivity index (χ4n) is 5.39. The molecule has 0 N–H and O–H groups in total. The summed E-state index contributed by atoms with van der Waals surface area (Å²) in [6, 6.07) is 16.8. The number of fused-ring (bicyclic) bond motifs is 2. The zero-order chi connectivity index (χ0) is 19.3. The molecule has 0 spiro atoms. The van der Waals surface area contributed by atoms with E-state index in [1.54, 1.807) is 0 Å². The van der Waals surface area contributed by atoms with Crippen LogP contribution in [0.4, 0.5) is 0 Å². The van der Waals surface area contributed by atoms with Gasteiger partial charge >= 0.3 is 0 Å². The van der Waals surface area contributed by atoms with Gasteiger partial charge in [0, 0.05) is 45.2 Å². The molecule has 2 atom stereocenters. The van der Waals surface area contributed by atoms with Gasteiger partial charge in [0.2, 0.25) is 6.79 Å². The highest BCUT2D eigenvalue weighted by Crippen LogP contribution is 2.41. The lowest BCUT2D eigenvalue weighted by molar-refractivity contribution is 0.164. The quantitative estimate of drug-likeness (QED) is 0.599. The molecule has 148 valence electrons. The summed E-state index contributed by atoms with van der Waals surface area (Å²) in [5.74, 6) is 2.00. The third-order valence-electron chi connectivity index (χ3n) is 6.65. The topological polar surface area (TPSA) is 49.7 Å². The molecule has 0 amide bonds. The zero-order valence-electron chi connectivity index (χ0n) is 16.3. The average molecular weight is 388 g/mol. The molecule has 2 aromatic rings. The largest absolute Gasteiger partial charge is 0.454 e. The van der Waals surface area contributed by atoms with E-state index in [1.807, 2.05) is 24.4 Å². The molecule has 5 aliphatic rings. The van der Waals surface area contributed by atoms with Crippen LogP contribution in [0.25, 0.3) is 0 Å². The molecule has 0 radical (unpaired) electrons. The van der Waals surface area contributed by atoms with Crippen molar-refractivity contribution in [3.8, 4) is 11.5 Å². The van der Waals surface area contributed by atoms with Gasteiger partial charge in [-0.3, -0.25) is 0 Å². The molecule has 5 aliphatic heterocycles. The first kappa shape index (κ1) is 17.2. The first-order valence-electron chi connectivity index (χ1n) is 10.3. The Bertz CT molecular complexity index is 972. The first-order chi connectivity index (χ1) is 14.3. The monoisotopic (exact) mass is 388 g/mol. The second kappa shape index (κ2) is 6.68. The molecule has 2 unspecified atom stereocenters. The van der Waals surface area contributed by atoms with E-state index in [0.717, 1.165) is 56.3 Å². The van der Waals surface area contributed by atoms with Crippen molar-refractivity contribution in [3.05, 3.63) is 59.7 Å². The Morgan fingerprint density at radius 2 is 1.69 bits per heavy atom. The molecule has 0 aliphatic carbocycles. The molecule has 4 saturated heterocycles. The van der Waals surface area contributed by atoms with E-state index in [1.165, 1.54) is 11.3 Å². The smallest absolute Gasteiger partial charge is 0.231 e. The minimum atomic E-state index is -0.0643.